The Bertz CT molecular complexity index is 805. The number of hydrogen-bond acceptors (Lipinski definition) is 8. The van der Waals surface area contributed by atoms with Crippen molar-refractivity contribution in [1.82, 2.24) is 0 Å². The lowest BCUT2D eigenvalue weighted by Crippen LogP contribution is -2.29. The predicted octanol–water partition coefficient (Wildman–Crippen LogP) is 9.27. The summed E-state index contributed by atoms with van der Waals surface area (Å²) < 4.78 is 32.4. The molecule has 45 heavy (non-hydrogen) atoms. The third-order valence-corrected chi connectivity index (χ3v) is 8.32. The van der Waals surface area contributed by atoms with E-state index in [9.17, 15) is 19.0 Å². The number of hydrogen-bond donors (Lipinski definition) is 2. The summed E-state index contributed by atoms with van der Waals surface area (Å²) in [6.45, 7) is 3.63. The Hall–Kier alpha value is -1.51. The largest absolute Gasteiger partial charge is 0.472 e. The maximum atomic E-state index is 12.4. The molecule has 0 aliphatic carbocycles. The van der Waals surface area contributed by atoms with Crippen LogP contribution in [0.3, 0.4) is 0 Å². The highest BCUT2D eigenvalue weighted by Gasteiger charge is 2.25. The Kier molecular flexibility index (Phi) is 31.3. The van der Waals surface area contributed by atoms with E-state index in [1.165, 1.54) is 64.2 Å². The molecule has 1 unspecified atom stereocenters. The summed E-state index contributed by atoms with van der Waals surface area (Å²) in [7, 11) is -4.36. The maximum Gasteiger partial charge on any atom is 0.472 e. The van der Waals surface area contributed by atoms with Gasteiger partial charge in [-0.2, -0.15) is 0 Å². The van der Waals surface area contributed by atoms with Gasteiger partial charge < -0.3 is 20.1 Å². The number of nitrogens with two attached hydrogens (primary N) is 1. The second kappa shape index (κ2) is 32.4. The standard InChI is InChI=1S/C35H66NO8P/c1-3-5-7-9-11-12-13-14-15-16-17-18-19-20-22-23-25-27-34(37)41-31-33(32-43-45(39,40)42-30-29-36)44-35(38)28-26-24-21-10-8-6-4-2/h11-12,14-15,33H,3-10,13,16-32,36H2,1-2H3,(H,39,40)/b12-11+,15-14+/t33-/m0/s1. The van der Waals surface area contributed by atoms with Gasteiger partial charge in [0.05, 0.1) is 13.2 Å². The van der Waals surface area contributed by atoms with Gasteiger partial charge in [-0.05, 0) is 44.9 Å². The zero-order valence-electron chi connectivity index (χ0n) is 28.6. The normalized spacial score (nSPS) is 13.8. The van der Waals surface area contributed by atoms with Crippen LogP contribution in [0.25, 0.3) is 0 Å². The molecule has 0 amide bonds. The third-order valence-electron chi connectivity index (χ3n) is 7.34. The van der Waals surface area contributed by atoms with E-state index in [0.717, 1.165) is 57.8 Å². The first-order chi connectivity index (χ1) is 21.8. The molecule has 0 aliphatic rings. The van der Waals surface area contributed by atoms with Crippen molar-refractivity contribution in [3.63, 3.8) is 0 Å². The van der Waals surface area contributed by atoms with E-state index in [1.54, 1.807) is 0 Å². The Morgan fingerprint density at radius 1 is 0.667 bits per heavy atom. The summed E-state index contributed by atoms with van der Waals surface area (Å²) in [6.07, 6.45) is 30.8. The molecule has 0 radical (unpaired) electrons. The highest BCUT2D eigenvalue weighted by molar-refractivity contribution is 7.47. The van der Waals surface area contributed by atoms with E-state index in [4.69, 9.17) is 24.3 Å². The second-order valence-corrected chi connectivity index (χ2v) is 13.2. The summed E-state index contributed by atoms with van der Waals surface area (Å²) in [6, 6.07) is 0. The van der Waals surface area contributed by atoms with Crippen molar-refractivity contribution in [1.29, 1.82) is 0 Å². The smallest absolute Gasteiger partial charge is 0.462 e. The fourth-order valence-electron chi connectivity index (χ4n) is 4.66. The molecule has 0 aromatic carbocycles. The van der Waals surface area contributed by atoms with Gasteiger partial charge >= 0.3 is 19.8 Å². The van der Waals surface area contributed by atoms with Gasteiger partial charge in [-0.25, -0.2) is 4.57 Å². The Labute approximate surface area is 274 Å². The molecule has 0 rings (SSSR count). The van der Waals surface area contributed by atoms with E-state index < -0.39 is 32.5 Å². The van der Waals surface area contributed by atoms with Crippen molar-refractivity contribution < 1.29 is 37.6 Å². The van der Waals surface area contributed by atoms with E-state index in [-0.39, 0.29) is 32.6 Å². The molecule has 264 valence electrons. The van der Waals surface area contributed by atoms with E-state index in [0.29, 0.717) is 6.42 Å². The average Bonchev–Trinajstić information content (AvgIpc) is 3.02. The zero-order chi connectivity index (χ0) is 33.3. The lowest BCUT2D eigenvalue weighted by molar-refractivity contribution is -0.161. The molecule has 2 atom stereocenters. The first-order valence-corrected chi connectivity index (χ1v) is 19.3. The van der Waals surface area contributed by atoms with Crippen LogP contribution >= 0.6 is 7.82 Å². The maximum absolute atomic E-state index is 12.4. The van der Waals surface area contributed by atoms with Gasteiger partial charge in [0, 0.05) is 19.4 Å². The molecule has 0 bridgehead atoms. The fraction of sp³-hybridized carbons (Fsp3) is 0.829. The lowest BCUT2D eigenvalue weighted by atomic mass is 10.1. The molecule has 0 aromatic heterocycles. The van der Waals surface area contributed by atoms with Crippen molar-refractivity contribution in [2.24, 2.45) is 5.73 Å². The topological polar surface area (TPSA) is 134 Å². The summed E-state index contributed by atoms with van der Waals surface area (Å²) >= 11 is 0. The van der Waals surface area contributed by atoms with Gasteiger partial charge in [-0.3, -0.25) is 18.6 Å². The van der Waals surface area contributed by atoms with Crippen LogP contribution in [-0.2, 0) is 32.7 Å². The van der Waals surface area contributed by atoms with Crippen LogP contribution < -0.4 is 5.73 Å². The van der Waals surface area contributed by atoms with Gasteiger partial charge in [0.25, 0.3) is 0 Å². The summed E-state index contributed by atoms with van der Waals surface area (Å²) in [5, 5.41) is 0. The van der Waals surface area contributed by atoms with Gasteiger partial charge in [0.15, 0.2) is 6.10 Å². The molecular formula is C35H66NO8P. The number of carbonyl (C=O) groups excluding carboxylic acids is 2. The van der Waals surface area contributed by atoms with Gasteiger partial charge in [-0.15, -0.1) is 0 Å². The molecule has 0 aliphatic heterocycles. The molecule has 0 heterocycles. The monoisotopic (exact) mass is 659 g/mol. The summed E-state index contributed by atoms with van der Waals surface area (Å²) in [5.74, 6) is -0.845. The second-order valence-electron chi connectivity index (χ2n) is 11.7. The number of carbonyl (C=O) groups is 2. The SMILES string of the molecule is CCCCC/C=C/C/C=C/CCCCCCCCCC(=O)OC[C@@H](COP(=O)(O)OCCN)OC(=O)CCCCCCCCC. The van der Waals surface area contributed by atoms with E-state index >= 15 is 0 Å². The van der Waals surface area contributed by atoms with Crippen molar-refractivity contribution in [2.75, 3.05) is 26.4 Å². The van der Waals surface area contributed by atoms with Crippen LogP contribution in [0.5, 0.6) is 0 Å². The molecular weight excluding hydrogens is 593 g/mol. The van der Waals surface area contributed by atoms with Gasteiger partial charge in [-0.1, -0.05) is 122 Å². The Morgan fingerprint density at radius 3 is 1.73 bits per heavy atom. The Morgan fingerprint density at radius 2 is 1.16 bits per heavy atom. The molecule has 0 saturated heterocycles. The van der Waals surface area contributed by atoms with Crippen LogP contribution in [0.2, 0.25) is 0 Å². The van der Waals surface area contributed by atoms with Crippen LogP contribution in [-0.4, -0.2) is 49.3 Å². The predicted molar refractivity (Wildman–Crippen MR) is 183 cm³/mol. The number of esters is 2. The minimum absolute atomic E-state index is 0.0531. The summed E-state index contributed by atoms with van der Waals surface area (Å²) in [4.78, 5) is 34.5. The van der Waals surface area contributed by atoms with Crippen molar-refractivity contribution >= 4 is 19.8 Å². The first kappa shape index (κ1) is 43.5. The lowest BCUT2D eigenvalue weighted by Gasteiger charge is -2.19. The molecule has 0 aromatic rings. The fourth-order valence-corrected chi connectivity index (χ4v) is 5.43. The molecule has 3 N–H and O–H groups in total. The molecule has 0 saturated carbocycles. The average molecular weight is 660 g/mol. The number of unbranched alkanes of at least 4 members (excludes halogenated alkanes) is 16. The zero-order valence-corrected chi connectivity index (χ0v) is 29.5. The minimum atomic E-state index is -4.36. The van der Waals surface area contributed by atoms with Gasteiger partial charge in [0.1, 0.15) is 6.61 Å². The molecule has 0 fully saturated rings. The van der Waals surface area contributed by atoms with Crippen molar-refractivity contribution in [3.05, 3.63) is 24.3 Å². The van der Waals surface area contributed by atoms with E-state index in [2.05, 4.69) is 38.2 Å². The number of phosphoric ester groups is 1. The summed E-state index contributed by atoms with van der Waals surface area (Å²) in [5.41, 5.74) is 5.31. The van der Waals surface area contributed by atoms with Gasteiger partial charge in [0.2, 0.25) is 0 Å². The van der Waals surface area contributed by atoms with Crippen molar-refractivity contribution in [3.8, 4) is 0 Å². The highest BCUT2D eigenvalue weighted by Crippen LogP contribution is 2.43. The van der Waals surface area contributed by atoms with E-state index in [1.807, 2.05) is 0 Å². The van der Waals surface area contributed by atoms with Crippen LogP contribution in [0.4, 0.5) is 0 Å². The number of ether oxygens (including phenoxy) is 2. The minimum Gasteiger partial charge on any atom is -0.462 e. The quantitative estimate of drug-likeness (QED) is 0.0306. The highest BCUT2D eigenvalue weighted by atomic mass is 31.2. The molecule has 0 spiro atoms. The third kappa shape index (κ3) is 32.2. The van der Waals surface area contributed by atoms with Crippen LogP contribution in [0.15, 0.2) is 24.3 Å². The molecule has 9 nitrogen and oxygen atoms in total. The van der Waals surface area contributed by atoms with Crippen LogP contribution in [0, 0.1) is 0 Å². The number of allylic oxidation sites excluding steroid dienone is 4. The number of rotatable bonds is 33. The Balaban J connectivity index is 4.16. The molecule has 10 heteroatoms. The van der Waals surface area contributed by atoms with Crippen molar-refractivity contribution in [2.45, 2.75) is 161 Å². The van der Waals surface area contributed by atoms with Crippen LogP contribution in [0.1, 0.15) is 155 Å². The first-order valence-electron chi connectivity index (χ1n) is 17.8. The number of phosphoric acid groups is 1.